The number of aliphatic hydroxyl groups is 3. The van der Waals surface area contributed by atoms with Gasteiger partial charge in [0.15, 0.2) is 0 Å². The molecule has 4 atom stereocenters. The largest absolute Gasteiger partial charge is 0.394 e. The van der Waals surface area contributed by atoms with Crippen LogP contribution in [0.25, 0.3) is 0 Å². The summed E-state index contributed by atoms with van der Waals surface area (Å²) in [4.78, 5) is 16.8. The van der Waals surface area contributed by atoms with Crippen LogP contribution in [0.1, 0.15) is 17.5 Å². The third-order valence-electron chi connectivity index (χ3n) is 2.88. The molecular weight excluding hydrogens is 247 g/mol. The first-order valence-electron chi connectivity index (χ1n) is 5.34. The van der Waals surface area contributed by atoms with Crippen molar-refractivity contribution in [2.75, 3.05) is 6.61 Å². The van der Waals surface area contributed by atoms with E-state index in [0.717, 1.165) is 0 Å². The Balaban J connectivity index is 2.38. The number of halogens is 1. The van der Waals surface area contributed by atoms with Crippen molar-refractivity contribution in [2.45, 2.75) is 31.3 Å². The van der Waals surface area contributed by atoms with Crippen molar-refractivity contribution in [1.29, 1.82) is 0 Å². The Kier molecular flexibility index (Phi) is 3.44. The Morgan fingerprint density at radius 1 is 1.44 bits per heavy atom. The van der Waals surface area contributed by atoms with Crippen LogP contribution in [0.15, 0.2) is 4.79 Å². The van der Waals surface area contributed by atoms with E-state index in [2.05, 4.69) is 4.98 Å². The third-order valence-corrected chi connectivity index (χ3v) is 2.88. The van der Waals surface area contributed by atoms with E-state index in [-0.39, 0.29) is 11.4 Å². The van der Waals surface area contributed by atoms with Gasteiger partial charge in [0.1, 0.15) is 35.8 Å². The number of hydrogen-bond donors (Lipinski definition) is 4. The van der Waals surface area contributed by atoms with Crippen LogP contribution in [0.4, 0.5) is 4.39 Å². The van der Waals surface area contributed by atoms with Gasteiger partial charge in [0.2, 0.25) is 5.95 Å². The minimum atomic E-state index is -1.42. The van der Waals surface area contributed by atoms with Gasteiger partial charge in [-0.05, 0) is 6.92 Å². The Labute approximate surface area is 101 Å². The number of aliphatic hydroxyl groups excluding tert-OH is 3. The maximum Gasteiger partial charge on any atom is 0.271 e. The number of rotatable bonds is 2. The first-order valence-corrected chi connectivity index (χ1v) is 5.34. The van der Waals surface area contributed by atoms with Crippen LogP contribution in [0.5, 0.6) is 0 Å². The van der Waals surface area contributed by atoms with Gasteiger partial charge in [-0.25, -0.2) is 4.98 Å². The summed E-state index contributed by atoms with van der Waals surface area (Å²) in [6.07, 6.45) is -5.01. The van der Waals surface area contributed by atoms with Crippen molar-refractivity contribution < 1.29 is 24.4 Å². The molecule has 1 aliphatic rings. The molecule has 1 saturated heterocycles. The smallest absolute Gasteiger partial charge is 0.271 e. The second kappa shape index (κ2) is 4.73. The molecule has 0 amide bonds. The van der Waals surface area contributed by atoms with E-state index in [1.165, 1.54) is 6.92 Å². The highest BCUT2D eigenvalue weighted by Crippen LogP contribution is 2.32. The molecule has 0 spiro atoms. The van der Waals surface area contributed by atoms with Crippen LogP contribution in [0, 0.1) is 12.9 Å². The summed E-state index contributed by atoms with van der Waals surface area (Å²) in [7, 11) is 0. The van der Waals surface area contributed by atoms with Crippen molar-refractivity contribution in [1.82, 2.24) is 9.97 Å². The molecule has 0 saturated carbocycles. The van der Waals surface area contributed by atoms with Gasteiger partial charge < -0.3 is 20.1 Å². The summed E-state index contributed by atoms with van der Waals surface area (Å²) in [5.41, 5.74) is -0.957. The molecule has 0 aromatic carbocycles. The summed E-state index contributed by atoms with van der Waals surface area (Å²) in [5.74, 6) is -1.03. The zero-order chi connectivity index (χ0) is 13.4. The molecule has 100 valence electrons. The van der Waals surface area contributed by atoms with Crippen molar-refractivity contribution in [3.8, 4) is 0 Å². The molecule has 2 heterocycles. The number of H-pyrrole nitrogens is 1. The monoisotopic (exact) mass is 260 g/mol. The maximum atomic E-state index is 13.6. The Morgan fingerprint density at radius 3 is 2.67 bits per heavy atom. The van der Waals surface area contributed by atoms with Crippen molar-refractivity contribution in [2.24, 2.45) is 0 Å². The average molecular weight is 260 g/mol. The molecule has 7 nitrogen and oxygen atoms in total. The summed E-state index contributed by atoms with van der Waals surface area (Å²) in [6.45, 7) is 0.863. The van der Waals surface area contributed by atoms with E-state index in [9.17, 15) is 19.4 Å². The van der Waals surface area contributed by atoms with Gasteiger partial charge in [0.25, 0.3) is 5.56 Å². The average Bonchev–Trinajstić information content (AvgIpc) is 2.61. The van der Waals surface area contributed by atoms with Gasteiger partial charge in [0.05, 0.1) is 6.61 Å². The van der Waals surface area contributed by atoms with E-state index < -0.39 is 42.5 Å². The molecule has 1 aliphatic heterocycles. The molecule has 0 bridgehead atoms. The van der Waals surface area contributed by atoms with Crippen LogP contribution in [-0.2, 0) is 4.74 Å². The zero-order valence-electron chi connectivity index (χ0n) is 9.50. The minimum Gasteiger partial charge on any atom is -0.394 e. The number of aromatic nitrogens is 2. The summed E-state index contributed by atoms with van der Waals surface area (Å²) in [6, 6.07) is 0. The van der Waals surface area contributed by atoms with E-state index in [0.29, 0.717) is 0 Å². The standard InChI is InChI=1S/C10H13FN2O5/c1-3-10(17)13-9(11)5(12-3)8-7(16)6(15)4(2-14)18-8/h4,6-8,14-16H,2H2,1H3,(H,13,17)/t4-,6?,7+,8+/m1/s1. The minimum absolute atomic E-state index is 0.0177. The van der Waals surface area contributed by atoms with Crippen LogP contribution in [-0.4, -0.2) is 50.2 Å². The number of hydrogen-bond acceptors (Lipinski definition) is 6. The molecule has 2 rings (SSSR count). The Bertz CT molecular complexity index is 506. The first kappa shape index (κ1) is 13.1. The molecule has 1 unspecified atom stereocenters. The van der Waals surface area contributed by atoms with Crippen molar-refractivity contribution in [3.05, 3.63) is 27.7 Å². The SMILES string of the molecule is Cc1nc([C@@H]2O[C@H](CO)C(O)[C@@H]2O)c(F)[nH]c1=O. The highest BCUT2D eigenvalue weighted by atomic mass is 19.1. The summed E-state index contributed by atoms with van der Waals surface area (Å²) in [5, 5.41) is 28.2. The maximum absolute atomic E-state index is 13.6. The number of nitrogens with one attached hydrogen (secondary N) is 1. The fourth-order valence-electron chi connectivity index (χ4n) is 1.85. The molecule has 1 aromatic heterocycles. The topological polar surface area (TPSA) is 116 Å². The Morgan fingerprint density at radius 2 is 2.11 bits per heavy atom. The second-order valence-electron chi connectivity index (χ2n) is 4.11. The van der Waals surface area contributed by atoms with E-state index in [4.69, 9.17) is 9.84 Å². The molecule has 8 heteroatoms. The lowest BCUT2D eigenvalue weighted by atomic mass is 10.1. The van der Waals surface area contributed by atoms with Crippen molar-refractivity contribution >= 4 is 0 Å². The lowest BCUT2D eigenvalue weighted by Crippen LogP contribution is -2.32. The number of aromatic amines is 1. The van der Waals surface area contributed by atoms with Crippen LogP contribution in [0.2, 0.25) is 0 Å². The molecule has 1 fully saturated rings. The first-order chi connectivity index (χ1) is 8.45. The molecule has 0 radical (unpaired) electrons. The highest BCUT2D eigenvalue weighted by Gasteiger charge is 2.45. The van der Waals surface area contributed by atoms with Gasteiger partial charge in [-0.15, -0.1) is 0 Å². The predicted octanol–water partition coefficient (Wildman–Crippen LogP) is -1.63. The highest BCUT2D eigenvalue weighted by molar-refractivity contribution is 5.12. The van der Waals surface area contributed by atoms with Gasteiger partial charge in [0, 0.05) is 0 Å². The quantitative estimate of drug-likeness (QED) is 0.507. The molecule has 18 heavy (non-hydrogen) atoms. The molecular formula is C10H13FN2O5. The van der Waals surface area contributed by atoms with Gasteiger partial charge in [-0.2, -0.15) is 4.39 Å². The normalized spacial score (nSPS) is 31.8. The fraction of sp³-hybridized carbons (Fsp3) is 0.600. The summed E-state index contributed by atoms with van der Waals surface area (Å²) >= 11 is 0. The van der Waals surface area contributed by atoms with E-state index in [1.54, 1.807) is 0 Å². The van der Waals surface area contributed by atoms with Crippen molar-refractivity contribution in [3.63, 3.8) is 0 Å². The van der Waals surface area contributed by atoms with Gasteiger partial charge in [-0.1, -0.05) is 0 Å². The number of aryl methyl sites for hydroxylation is 1. The fourth-order valence-corrected chi connectivity index (χ4v) is 1.85. The second-order valence-corrected chi connectivity index (χ2v) is 4.11. The predicted molar refractivity (Wildman–Crippen MR) is 56.3 cm³/mol. The zero-order valence-corrected chi connectivity index (χ0v) is 9.50. The van der Waals surface area contributed by atoms with E-state index >= 15 is 0 Å². The number of ether oxygens (including phenoxy) is 1. The third kappa shape index (κ3) is 2.03. The molecule has 0 aliphatic carbocycles. The lowest BCUT2D eigenvalue weighted by Gasteiger charge is -2.14. The van der Waals surface area contributed by atoms with Crippen LogP contribution < -0.4 is 5.56 Å². The molecule has 1 aromatic rings. The van der Waals surface area contributed by atoms with Gasteiger partial charge in [-0.3, -0.25) is 9.78 Å². The Hall–Kier alpha value is -1.35. The number of nitrogens with zero attached hydrogens (tertiary/aromatic N) is 1. The van der Waals surface area contributed by atoms with E-state index in [1.807, 2.05) is 4.98 Å². The van der Waals surface area contributed by atoms with Gasteiger partial charge >= 0.3 is 0 Å². The lowest BCUT2D eigenvalue weighted by molar-refractivity contribution is -0.0253. The van der Waals surface area contributed by atoms with Crippen LogP contribution in [0.3, 0.4) is 0 Å². The molecule has 4 N–H and O–H groups in total. The summed E-state index contributed by atoms with van der Waals surface area (Å²) < 4.78 is 18.7. The van der Waals surface area contributed by atoms with Crippen LogP contribution >= 0.6 is 0 Å².